The van der Waals surface area contributed by atoms with E-state index in [1.807, 2.05) is 18.2 Å². The first-order valence-electron chi connectivity index (χ1n) is 6.10. The van der Waals surface area contributed by atoms with E-state index in [-0.39, 0.29) is 5.82 Å². The number of nitrogens with zero attached hydrogens (tertiary/aromatic N) is 2. The van der Waals surface area contributed by atoms with Crippen molar-refractivity contribution in [2.75, 3.05) is 5.73 Å². The Morgan fingerprint density at radius 1 is 1.15 bits per heavy atom. The number of hydrogen-bond acceptors (Lipinski definition) is 4. The highest BCUT2D eigenvalue weighted by Crippen LogP contribution is 2.26. The lowest BCUT2D eigenvalue weighted by Gasteiger charge is -1.99. The second kappa shape index (κ2) is 4.77. The third-order valence-corrected chi connectivity index (χ3v) is 3.03. The molecular weight excluding hydrogens is 257 g/mol. The molecule has 2 aromatic carbocycles. The Balaban J connectivity index is 2.02. The molecule has 5 heteroatoms. The summed E-state index contributed by atoms with van der Waals surface area (Å²) in [7, 11) is 0. The van der Waals surface area contributed by atoms with Crippen LogP contribution < -0.4 is 5.73 Å². The molecule has 20 heavy (non-hydrogen) atoms. The average molecular weight is 269 g/mol. The molecule has 0 amide bonds. The van der Waals surface area contributed by atoms with Gasteiger partial charge in [-0.2, -0.15) is 4.98 Å². The summed E-state index contributed by atoms with van der Waals surface area (Å²) in [5, 5.41) is 3.91. The maximum Gasteiger partial charge on any atom is 0.260 e. The lowest BCUT2D eigenvalue weighted by molar-refractivity contribution is 0.432. The lowest BCUT2D eigenvalue weighted by Crippen LogP contribution is -1.89. The third-order valence-electron chi connectivity index (χ3n) is 3.03. The van der Waals surface area contributed by atoms with Crippen molar-refractivity contribution in [2.45, 2.75) is 6.92 Å². The zero-order valence-electron chi connectivity index (χ0n) is 10.8. The molecule has 0 aliphatic carbocycles. The van der Waals surface area contributed by atoms with Crippen molar-refractivity contribution in [1.82, 2.24) is 10.1 Å². The monoisotopic (exact) mass is 269 g/mol. The van der Waals surface area contributed by atoms with Crippen molar-refractivity contribution < 1.29 is 8.91 Å². The van der Waals surface area contributed by atoms with Gasteiger partial charge < -0.3 is 10.3 Å². The molecule has 0 atom stereocenters. The number of halogens is 1. The number of nitrogen functional groups attached to an aromatic ring is 1. The summed E-state index contributed by atoms with van der Waals surface area (Å²) in [4.78, 5) is 4.30. The molecule has 3 rings (SSSR count). The van der Waals surface area contributed by atoms with Gasteiger partial charge >= 0.3 is 0 Å². The van der Waals surface area contributed by atoms with Gasteiger partial charge in [-0.3, -0.25) is 0 Å². The Morgan fingerprint density at radius 2 is 1.95 bits per heavy atom. The number of nitrogens with two attached hydrogens (primary N) is 1. The van der Waals surface area contributed by atoms with Gasteiger partial charge in [0.2, 0.25) is 5.82 Å². The molecule has 0 aliphatic rings. The van der Waals surface area contributed by atoms with Crippen molar-refractivity contribution in [1.29, 1.82) is 0 Å². The highest BCUT2D eigenvalue weighted by molar-refractivity contribution is 5.71. The maximum atomic E-state index is 13.3. The molecule has 0 unspecified atom stereocenters. The zero-order valence-corrected chi connectivity index (χ0v) is 10.8. The van der Waals surface area contributed by atoms with Crippen LogP contribution in [-0.4, -0.2) is 10.1 Å². The summed E-state index contributed by atoms with van der Waals surface area (Å²) in [6.07, 6.45) is 0. The van der Waals surface area contributed by atoms with Crippen molar-refractivity contribution in [3.63, 3.8) is 0 Å². The minimum atomic E-state index is -0.259. The van der Waals surface area contributed by atoms with Crippen molar-refractivity contribution in [2.24, 2.45) is 0 Å². The maximum absolute atomic E-state index is 13.3. The van der Waals surface area contributed by atoms with Gasteiger partial charge in [0.1, 0.15) is 5.82 Å². The third kappa shape index (κ3) is 2.14. The molecule has 2 N–H and O–H groups in total. The fourth-order valence-corrected chi connectivity index (χ4v) is 1.93. The van der Waals surface area contributed by atoms with Gasteiger partial charge in [0.15, 0.2) is 0 Å². The molecular formula is C15H12FN3O. The summed E-state index contributed by atoms with van der Waals surface area (Å²) in [6, 6.07) is 11.9. The Kier molecular flexibility index (Phi) is 2.95. The van der Waals surface area contributed by atoms with Crippen LogP contribution >= 0.6 is 0 Å². The molecule has 0 aliphatic heterocycles. The first-order valence-corrected chi connectivity index (χ1v) is 6.10. The van der Waals surface area contributed by atoms with Crippen LogP contribution in [0.15, 0.2) is 47.0 Å². The molecule has 0 radical (unpaired) electrons. The molecule has 0 saturated carbocycles. The first kappa shape index (κ1) is 12.3. The smallest absolute Gasteiger partial charge is 0.260 e. The average Bonchev–Trinajstić information content (AvgIpc) is 2.92. The Morgan fingerprint density at radius 3 is 2.70 bits per heavy atom. The van der Waals surface area contributed by atoms with Crippen LogP contribution in [0.4, 0.5) is 10.1 Å². The largest absolute Gasteiger partial charge is 0.398 e. The topological polar surface area (TPSA) is 64.9 Å². The summed E-state index contributed by atoms with van der Waals surface area (Å²) < 4.78 is 18.5. The van der Waals surface area contributed by atoms with Crippen LogP contribution in [0.25, 0.3) is 22.8 Å². The first-order chi connectivity index (χ1) is 9.65. The van der Waals surface area contributed by atoms with Gasteiger partial charge in [0, 0.05) is 11.3 Å². The lowest BCUT2D eigenvalue weighted by atomic mass is 10.1. The molecule has 100 valence electrons. The number of anilines is 1. The minimum absolute atomic E-state index is 0.259. The molecule has 0 saturated heterocycles. The molecule has 0 spiro atoms. The number of para-hydroxylation sites is 1. The highest BCUT2D eigenvalue weighted by Gasteiger charge is 2.13. The van der Waals surface area contributed by atoms with E-state index in [1.165, 1.54) is 6.07 Å². The molecule has 0 bridgehead atoms. The summed E-state index contributed by atoms with van der Waals surface area (Å²) >= 11 is 0. The second-order valence-corrected chi connectivity index (χ2v) is 4.47. The molecule has 0 fully saturated rings. The van der Waals surface area contributed by atoms with Crippen LogP contribution in [0, 0.1) is 12.7 Å². The van der Waals surface area contributed by atoms with E-state index in [0.717, 1.165) is 0 Å². The van der Waals surface area contributed by atoms with Crippen LogP contribution in [-0.2, 0) is 0 Å². The standard InChI is InChI=1S/C15H12FN3O/c1-9-8-10(6-7-12(9)16)14-18-15(20-19-14)11-4-2-3-5-13(11)17/h2-8H,17H2,1H3. The van der Waals surface area contributed by atoms with Crippen molar-refractivity contribution >= 4 is 5.69 Å². The Bertz CT molecular complexity index is 767. The van der Waals surface area contributed by atoms with Crippen LogP contribution in [0.2, 0.25) is 0 Å². The van der Waals surface area contributed by atoms with Gasteiger partial charge in [-0.05, 0) is 42.8 Å². The van der Waals surface area contributed by atoms with Crippen molar-refractivity contribution in [3.05, 3.63) is 53.8 Å². The predicted octanol–water partition coefficient (Wildman–Crippen LogP) is 3.43. The quantitative estimate of drug-likeness (QED) is 0.724. The van der Waals surface area contributed by atoms with Gasteiger partial charge in [0.05, 0.1) is 5.56 Å². The van der Waals surface area contributed by atoms with Crippen molar-refractivity contribution in [3.8, 4) is 22.8 Å². The van der Waals surface area contributed by atoms with Gasteiger partial charge in [-0.15, -0.1) is 0 Å². The van der Waals surface area contributed by atoms with Gasteiger partial charge in [-0.25, -0.2) is 4.39 Å². The molecule has 3 aromatic rings. The summed E-state index contributed by atoms with van der Waals surface area (Å²) in [5.74, 6) is 0.496. The Hall–Kier alpha value is -2.69. The number of aryl methyl sites for hydroxylation is 1. The number of benzene rings is 2. The van der Waals surface area contributed by atoms with E-state index in [2.05, 4.69) is 10.1 Å². The number of hydrogen-bond donors (Lipinski definition) is 1. The number of aromatic nitrogens is 2. The van der Waals surface area contributed by atoms with E-state index in [4.69, 9.17) is 10.3 Å². The van der Waals surface area contributed by atoms with E-state index in [0.29, 0.717) is 34.1 Å². The van der Waals surface area contributed by atoms with Crippen LogP contribution in [0.3, 0.4) is 0 Å². The van der Waals surface area contributed by atoms with Gasteiger partial charge in [0.25, 0.3) is 5.89 Å². The fraction of sp³-hybridized carbons (Fsp3) is 0.0667. The molecule has 1 aromatic heterocycles. The van der Waals surface area contributed by atoms with Crippen LogP contribution in [0.1, 0.15) is 5.56 Å². The normalized spacial score (nSPS) is 10.7. The number of rotatable bonds is 2. The molecule has 4 nitrogen and oxygen atoms in total. The van der Waals surface area contributed by atoms with Gasteiger partial charge in [-0.1, -0.05) is 17.3 Å². The SMILES string of the molecule is Cc1cc(-c2noc(-c3ccccc3N)n2)ccc1F. The fourth-order valence-electron chi connectivity index (χ4n) is 1.93. The zero-order chi connectivity index (χ0) is 14.1. The summed E-state index contributed by atoms with van der Waals surface area (Å²) in [6.45, 7) is 1.69. The predicted molar refractivity (Wildman–Crippen MR) is 74.3 cm³/mol. The second-order valence-electron chi connectivity index (χ2n) is 4.47. The summed E-state index contributed by atoms with van der Waals surface area (Å²) in [5.41, 5.74) is 8.36. The highest BCUT2D eigenvalue weighted by atomic mass is 19.1. The van der Waals surface area contributed by atoms with E-state index >= 15 is 0 Å². The van der Waals surface area contributed by atoms with Crippen LogP contribution in [0.5, 0.6) is 0 Å². The minimum Gasteiger partial charge on any atom is -0.398 e. The Labute approximate surface area is 115 Å². The van der Waals surface area contributed by atoms with E-state index < -0.39 is 0 Å². The van der Waals surface area contributed by atoms with E-state index in [9.17, 15) is 4.39 Å². The van der Waals surface area contributed by atoms with E-state index in [1.54, 1.807) is 25.1 Å². The molecule has 1 heterocycles.